The van der Waals surface area contributed by atoms with Crippen LogP contribution in [-0.4, -0.2) is 39.2 Å². The summed E-state index contributed by atoms with van der Waals surface area (Å²) in [5.74, 6) is 1.79. The van der Waals surface area contributed by atoms with Gasteiger partial charge in [0.15, 0.2) is 0 Å². The Morgan fingerprint density at radius 2 is 2.00 bits per heavy atom. The Morgan fingerprint density at radius 3 is 2.70 bits per heavy atom. The van der Waals surface area contributed by atoms with Gasteiger partial charge in [0.25, 0.3) is 5.91 Å². The van der Waals surface area contributed by atoms with Crippen molar-refractivity contribution in [2.24, 2.45) is 11.8 Å². The standard InChI is InChI=1S/C29H30N6O2/c1-16-4-5-19(11-30)24(6-16)20-8-23(9-20)33-28(36)22-12-32-35(15-22)18(3)26-13-31-27(7-17(26)2)34-14-21-10-25(21)29(34)37/h4-7,12-13,15,18,20-21,23,25H,8-10,14H2,1-3H3,(H,33,36)/t18-,20-,21-,23+,25-/m1/s1. The lowest BCUT2D eigenvalue weighted by Crippen LogP contribution is -2.43. The molecule has 0 radical (unpaired) electrons. The highest BCUT2D eigenvalue weighted by Crippen LogP contribution is 2.47. The third-order valence-corrected chi connectivity index (χ3v) is 8.29. The summed E-state index contributed by atoms with van der Waals surface area (Å²) in [6, 6.07) is 10.2. The number of piperidine rings is 1. The minimum absolute atomic E-state index is 0.0867. The smallest absolute Gasteiger partial charge is 0.254 e. The number of amides is 2. The predicted octanol–water partition coefficient (Wildman–Crippen LogP) is 4.03. The van der Waals surface area contributed by atoms with E-state index >= 15 is 0 Å². The van der Waals surface area contributed by atoms with Crippen LogP contribution in [0, 0.1) is 37.0 Å². The van der Waals surface area contributed by atoms with Crippen molar-refractivity contribution in [3.63, 3.8) is 0 Å². The average molecular weight is 495 g/mol. The van der Waals surface area contributed by atoms with E-state index in [4.69, 9.17) is 0 Å². The van der Waals surface area contributed by atoms with Gasteiger partial charge in [-0.15, -0.1) is 0 Å². The Hall–Kier alpha value is -3.99. The summed E-state index contributed by atoms with van der Waals surface area (Å²) in [7, 11) is 0. The van der Waals surface area contributed by atoms with Crippen LogP contribution in [0.1, 0.15) is 76.3 Å². The zero-order chi connectivity index (χ0) is 25.8. The normalized spacial score (nSPS) is 24.7. The molecule has 0 spiro atoms. The van der Waals surface area contributed by atoms with Crippen molar-refractivity contribution >= 4 is 17.6 Å². The van der Waals surface area contributed by atoms with Gasteiger partial charge in [-0.3, -0.25) is 19.2 Å². The van der Waals surface area contributed by atoms with Crippen LogP contribution in [0.4, 0.5) is 5.82 Å². The van der Waals surface area contributed by atoms with Crippen molar-refractivity contribution < 1.29 is 9.59 Å². The molecule has 188 valence electrons. The minimum atomic E-state index is -0.136. The highest BCUT2D eigenvalue weighted by molar-refractivity contribution is 5.99. The third kappa shape index (κ3) is 4.18. The average Bonchev–Trinajstić information content (AvgIpc) is 3.31. The molecular formula is C29H30N6O2. The molecule has 37 heavy (non-hydrogen) atoms. The number of nitriles is 1. The zero-order valence-electron chi connectivity index (χ0n) is 21.3. The number of rotatable bonds is 6. The second-order valence-electron chi connectivity index (χ2n) is 10.9. The lowest BCUT2D eigenvalue weighted by molar-refractivity contribution is -0.118. The summed E-state index contributed by atoms with van der Waals surface area (Å²) in [5, 5.41) is 17.0. The highest BCUT2D eigenvalue weighted by atomic mass is 16.2. The van der Waals surface area contributed by atoms with Gasteiger partial charge in [0.1, 0.15) is 5.82 Å². The Labute approximate surface area is 216 Å². The number of hydrogen-bond acceptors (Lipinski definition) is 5. The molecule has 6 rings (SSSR count). The molecule has 1 aromatic carbocycles. The molecule has 2 saturated carbocycles. The van der Waals surface area contributed by atoms with Crippen LogP contribution in [0.2, 0.25) is 0 Å². The summed E-state index contributed by atoms with van der Waals surface area (Å²) in [4.78, 5) is 31.7. The number of carbonyl (C=O) groups is 2. The first-order valence-electron chi connectivity index (χ1n) is 13.0. The Balaban J connectivity index is 1.08. The summed E-state index contributed by atoms with van der Waals surface area (Å²) >= 11 is 0. The van der Waals surface area contributed by atoms with E-state index in [0.29, 0.717) is 17.4 Å². The van der Waals surface area contributed by atoms with Gasteiger partial charge >= 0.3 is 0 Å². The number of nitrogens with one attached hydrogen (secondary N) is 1. The lowest BCUT2D eigenvalue weighted by atomic mass is 9.74. The van der Waals surface area contributed by atoms with Crippen LogP contribution in [0.15, 0.2) is 42.9 Å². The molecule has 8 nitrogen and oxygen atoms in total. The number of aromatic nitrogens is 3. The summed E-state index contributed by atoms with van der Waals surface area (Å²) < 4.78 is 1.78. The fourth-order valence-electron chi connectivity index (χ4n) is 5.81. The molecule has 3 aliphatic rings. The van der Waals surface area contributed by atoms with Gasteiger partial charge in [0.2, 0.25) is 5.91 Å². The van der Waals surface area contributed by atoms with Gasteiger partial charge < -0.3 is 5.32 Å². The lowest BCUT2D eigenvalue weighted by Gasteiger charge is -2.36. The van der Waals surface area contributed by atoms with Gasteiger partial charge in [0, 0.05) is 30.9 Å². The van der Waals surface area contributed by atoms with Gasteiger partial charge in [-0.2, -0.15) is 10.4 Å². The fraction of sp³-hybridized carbons (Fsp3) is 0.414. The topological polar surface area (TPSA) is 104 Å². The summed E-state index contributed by atoms with van der Waals surface area (Å²) in [6.07, 6.45) is 7.87. The maximum absolute atomic E-state index is 12.9. The monoisotopic (exact) mass is 494 g/mol. The number of hydrogen-bond donors (Lipinski definition) is 1. The van der Waals surface area contributed by atoms with Crippen molar-refractivity contribution in [1.29, 1.82) is 5.26 Å². The molecule has 2 aliphatic carbocycles. The number of pyridine rings is 1. The molecule has 3 fully saturated rings. The maximum atomic E-state index is 12.9. The van der Waals surface area contributed by atoms with Crippen molar-refractivity contribution in [3.05, 3.63) is 76.2 Å². The van der Waals surface area contributed by atoms with Crippen LogP contribution in [0.25, 0.3) is 0 Å². The van der Waals surface area contributed by atoms with Crippen molar-refractivity contribution in [2.75, 3.05) is 11.4 Å². The highest BCUT2D eigenvalue weighted by Gasteiger charge is 2.52. The molecule has 0 bridgehead atoms. The summed E-state index contributed by atoms with van der Waals surface area (Å²) in [5.41, 5.74) is 5.51. The molecule has 8 heteroatoms. The second kappa shape index (κ2) is 8.84. The number of anilines is 1. The Bertz CT molecular complexity index is 1450. The first kappa shape index (κ1) is 23.4. The Kier molecular flexibility index (Phi) is 5.59. The van der Waals surface area contributed by atoms with Crippen LogP contribution < -0.4 is 10.2 Å². The van der Waals surface area contributed by atoms with Gasteiger partial charge in [-0.25, -0.2) is 4.98 Å². The second-order valence-corrected chi connectivity index (χ2v) is 10.9. The first-order valence-corrected chi connectivity index (χ1v) is 13.0. The third-order valence-electron chi connectivity index (χ3n) is 8.29. The quantitative estimate of drug-likeness (QED) is 0.557. The largest absolute Gasteiger partial charge is 0.349 e. The van der Waals surface area contributed by atoms with Gasteiger partial charge in [-0.05, 0) is 80.7 Å². The molecule has 1 aliphatic heterocycles. The molecule has 1 saturated heterocycles. The number of nitrogens with zero attached hydrogens (tertiary/aromatic N) is 5. The zero-order valence-corrected chi connectivity index (χ0v) is 21.3. The summed E-state index contributed by atoms with van der Waals surface area (Å²) in [6.45, 7) is 6.85. The van der Waals surface area contributed by atoms with E-state index in [1.165, 1.54) is 0 Å². The Morgan fingerprint density at radius 1 is 1.19 bits per heavy atom. The number of carbonyl (C=O) groups excluding carboxylic acids is 2. The van der Waals surface area contributed by atoms with Crippen molar-refractivity contribution in [3.8, 4) is 6.07 Å². The van der Waals surface area contributed by atoms with Crippen molar-refractivity contribution in [1.82, 2.24) is 20.1 Å². The molecule has 1 N–H and O–H groups in total. The SMILES string of the molecule is Cc1ccc(C#N)c([C@H]2C[C@@H](NC(=O)c3cnn([C@H](C)c4cnc(N5C[C@H]6C[C@H]6C5=O)cc4C)c3)C2)c1. The van der Waals surface area contributed by atoms with E-state index in [1.54, 1.807) is 17.1 Å². The van der Waals surface area contributed by atoms with Crippen LogP contribution in [0.5, 0.6) is 0 Å². The number of fused-ring (bicyclic) bond motifs is 1. The van der Waals surface area contributed by atoms with E-state index in [2.05, 4.69) is 27.5 Å². The molecular weight excluding hydrogens is 464 g/mol. The molecule has 3 aromatic rings. The van der Waals surface area contributed by atoms with Crippen LogP contribution in [-0.2, 0) is 4.79 Å². The molecule has 0 unspecified atom stereocenters. The predicted molar refractivity (Wildman–Crippen MR) is 138 cm³/mol. The van der Waals surface area contributed by atoms with Gasteiger partial charge in [-0.1, -0.05) is 17.7 Å². The van der Waals surface area contributed by atoms with Crippen molar-refractivity contribution in [2.45, 2.75) is 58.0 Å². The van der Waals surface area contributed by atoms with Crippen LogP contribution >= 0.6 is 0 Å². The molecule has 2 aromatic heterocycles. The van der Waals surface area contributed by atoms with E-state index in [-0.39, 0.29) is 29.8 Å². The van der Waals surface area contributed by atoms with E-state index in [1.807, 2.05) is 50.1 Å². The molecule has 3 heterocycles. The maximum Gasteiger partial charge on any atom is 0.254 e. The number of benzene rings is 1. The molecule has 2 amide bonds. The van der Waals surface area contributed by atoms with Crippen LogP contribution in [0.3, 0.4) is 0 Å². The van der Waals surface area contributed by atoms with E-state index in [9.17, 15) is 14.9 Å². The first-order chi connectivity index (χ1) is 17.8. The minimum Gasteiger partial charge on any atom is -0.349 e. The van der Waals surface area contributed by atoms with E-state index in [0.717, 1.165) is 59.4 Å². The van der Waals surface area contributed by atoms with Gasteiger partial charge in [0.05, 0.1) is 29.4 Å². The van der Waals surface area contributed by atoms with E-state index < -0.39 is 0 Å². The number of aryl methyl sites for hydroxylation is 2. The fourth-order valence-corrected chi connectivity index (χ4v) is 5.81. The molecule has 3 atom stereocenters.